The maximum Gasteiger partial charge on any atom is 0.269 e. The number of carbonyl (C=O) groups is 2. The summed E-state index contributed by atoms with van der Waals surface area (Å²) in [6.07, 6.45) is 2.84. The fraction of sp³-hybridized carbons (Fsp3) is 0.0588. The number of nitro benzene ring substituents is 1. The number of nitrogens with one attached hydrogen (secondary N) is 2. The quantitative estimate of drug-likeness (QED) is 0.491. The van der Waals surface area contributed by atoms with Crippen molar-refractivity contribution in [3.63, 3.8) is 0 Å². The summed E-state index contributed by atoms with van der Waals surface area (Å²) in [4.78, 5) is 33.5. The summed E-state index contributed by atoms with van der Waals surface area (Å²) >= 11 is 0. The molecule has 0 bridgehead atoms. The monoisotopic (exact) mass is 341 g/mol. The molecule has 0 aliphatic heterocycles. The molecule has 0 atom stereocenters. The average molecular weight is 341 g/mol. The number of rotatable bonds is 5. The summed E-state index contributed by atoms with van der Waals surface area (Å²) in [5.74, 6) is -0.399. The summed E-state index contributed by atoms with van der Waals surface area (Å²) in [5, 5.41) is 10.6. The second-order valence-electron chi connectivity index (χ2n) is 4.85. The summed E-state index contributed by atoms with van der Waals surface area (Å²) in [7, 11) is 1.56. The molecular formula is C17H15N3O5. The lowest BCUT2D eigenvalue weighted by Gasteiger charge is -2.05. The molecule has 0 aromatic heterocycles. The molecule has 8 heteroatoms. The summed E-state index contributed by atoms with van der Waals surface area (Å²) in [5.41, 5.74) is 5.30. The Kier molecular flexibility index (Phi) is 5.83. The van der Waals surface area contributed by atoms with Crippen molar-refractivity contribution in [1.82, 2.24) is 10.9 Å². The number of nitrogens with zero attached hydrogens (tertiary/aromatic N) is 1. The highest BCUT2D eigenvalue weighted by Crippen LogP contribution is 2.12. The number of methoxy groups -OCH3 is 1. The minimum atomic E-state index is -0.582. The van der Waals surface area contributed by atoms with Gasteiger partial charge >= 0.3 is 0 Å². The van der Waals surface area contributed by atoms with Crippen LogP contribution in [0.15, 0.2) is 54.6 Å². The number of hydrogen-bond acceptors (Lipinski definition) is 5. The van der Waals surface area contributed by atoms with E-state index in [1.165, 1.54) is 30.3 Å². The lowest BCUT2D eigenvalue weighted by Crippen LogP contribution is -2.40. The van der Waals surface area contributed by atoms with E-state index in [0.717, 1.165) is 5.56 Å². The normalized spacial score (nSPS) is 10.3. The average Bonchev–Trinajstić information content (AvgIpc) is 2.64. The maximum absolute atomic E-state index is 11.8. The zero-order chi connectivity index (χ0) is 18.2. The lowest BCUT2D eigenvalue weighted by atomic mass is 10.2. The van der Waals surface area contributed by atoms with Crippen LogP contribution in [0.5, 0.6) is 5.75 Å². The van der Waals surface area contributed by atoms with Gasteiger partial charge in [-0.25, -0.2) is 0 Å². The molecule has 25 heavy (non-hydrogen) atoms. The van der Waals surface area contributed by atoms with Gasteiger partial charge in [0.05, 0.1) is 12.0 Å². The number of ether oxygens (including phenoxy) is 1. The van der Waals surface area contributed by atoms with Crippen LogP contribution in [0, 0.1) is 10.1 Å². The van der Waals surface area contributed by atoms with Crippen molar-refractivity contribution in [3.05, 3.63) is 75.8 Å². The zero-order valence-electron chi connectivity index (χ0n) is 13.3. The van der Waals surface area contributed by atoms with E-state index in [1.807, 2.05) is 0 Å². The van der Waals surface area contributed by atoms with Crippen LogP contribution in [-0.2, 0) is 4.79 Å². The number of hydrogen-bond donors (Lipinski definition) is 2. The summed E-state index contributed by atoms with van der Waals surface area (Å²) < 4.78 is 5.03. The molecule has 2 amide bonds. The van der Waals surface area contributed by atoms with E-state index in [1.54, 1.807) is 37.5 Å². The molecule has 0 radical (unpaired) electrons. The number of amides is 2. The molecule has 0 aliphatic rings. The highest BCUT2D eigenvalue weighted by molar-refractivity contribution is 5.98. The molecule has 0 fully saturated rings. The Hall–Kier alpha value is -3.68. The second kappa shape index (κ2) is 8.25. The molecule has 2 aromatic rings. The van der Waals surface area contributed by atoms with Crippen molar-refractivity contribution in [2.24, 2.45) is 0 Å². The lowest BCUT2D eigenvalue weighted by molar-refractivity contribution is -0.384. The fourth-order valence-corrected chi connectivity index (χ4v) is 1.85. The first kappa shape index (κ1) is 17.7. The van der Waals surface area contributed by atoms with E-state index in [-0.39, 0.29) is 11.3 Å². The third kappa shape index (κ3) is 5.17. The van der Waals surface area contributed by atoms with Gasteiger partial charge in [0.25, 0.3) is 17.5 Å². The van der Waals surface area contributed by atoms with E-state index >= 15 is 0 Å². The van der Waals surface area contributed by atoms with Crippen LogP contribution in [0.1, 0.15) is 15.9 Å². The molecule has 0 unspecified atom stereocenters. The first-order valence-electron chi connectivity index (χ1n) is 7.16. The number of non-ortho nitro benzene ring substituents is 1. The van der Waals surface area contributed by atoms with Crippen molar-refractivity contribution < 1.29 is 19.2 Å². The van der Waals surface area contributed by atoms with E-state index in [2.05, 4.69) is 10.9 Å². The van der Waals surface area contributed by atoms with Crippen molar-refractivity contribution in [1.29, 1.82) is 0 Å². The van der Waals surface area contributed by atoms with Gasteiger partial charge in [-0.05, 0) is 35.9 Å². The predicted molar refractivity (Wildman–Crippen MR) is 90.7 cm³/mol. The van der Waals surface area contributed by atoms with Gasteiger partial charge in [-0.3, -0.25) is 30.6 Å². The molecule has 2 rings (SSSR count). The van der Waals surface area contributed by atoms with E-state index in [0.29, 0.717) is 5.75 Å². The summed E-state index contributed by atoms with van der Waals surface area (Å²) in [6, 6.07) is 12.1. The largest absolute Gasteiger partial charge is 0.497 e. The topological polar surface area (TPSA) is 111 Å². The molecule has 0 spiro atoms. The van der Waals surface area contributed by atoms with Gasteiger partial charge in [0.15, 0.2) is 0 Å². The highest BCUT2D eigenvalue weighted by Gasteiger charge is 2.09. The maximum atomic E-state index is 11.8. The Morgan fingerprint density at radius 3 is 2.24 bits per heavy atom. The molecule has 0 heterocycles. The van der Waals surface area contributed by atoms with Crippen LogP contribution in [0.4, 0.5) is 5.69 Å². The number of benzene rings is 2. The predicted octanol–water partition coefficient (Wildman–Crippen LogP) is 2.08. The molecule has 128 valence electrons. The van der Waals surface area contributed by atoms with Crippen molar-refractivity contribution >= 4 is 23.6 Å². The minimum absolute atomic E-state index is 0.122. The number of nitro groups is 1. The molecule has 0 saturated carbocycles. The van der Waals surface area contributed by atoms with E-state index in [9.17, 15) is 19.7 Å². The van der Waals surface area contributed by atoms with E-state index in [4.69, 9.17) is 4.74 Å². The van der Waals surface area contributed by atoms with Crippen LogP contribution in [0.3, 0.4) is 0 Å². The standard InChI is InChI=1S/C17H15N3O5/c1-25-15-9-2-12(3-10-15)4-11-16(21)18-19-17(22)13-5-7-14(8-6-13)20(23)24/h2-11H,1H3,(H,18,21)(H,19,22)/b11-4+. The molecular weight excluding hydrogens is 326 g/mol. The van der Waals surface area contributed by atoms with Gasteiger partial charge in [0.2, 0.25) is 0 Å². The third-order valence-electron chi connectivity index (χ3n) is 3.18. The van der Waals surface area contributed by atoms with Gasteiger partial charge in [0.1, 0.15) is 5.75 Å². The smallest absolute Gasteiger partial charge is 0.269 e. The number of hydrazine groups is 1. The highest BCUT2D eigenvalue weighted by atomic mass is 16.6. The van der Waals surface area contributed by atoms with Gasteiger partial charge in [-0.2, -0.15) is 0 Å². The Morgan fingerprint density at radius 1 is 1.04 bits per heavy atom. The Morgan fingerprint density at radius 2 is 1.68 bits per heavy atom. The Bertz CT molecular complexity index is 798. The van der Waals surface area contributed by atoms with Crippen LogP contribution >= 0.6 is 0 Å². The first-order chi connectivity index (χ1) is 12.0. The van der Waals surface area contributed by atoms with Crippen molar-refractivity contribution in [2.45, 2.75) is 0 Å². The van der Waals surface area contributed by atoms with Crippen LogP contribution in [-0.4, -0.2) is 23.8 Å². The van der Waals surface area contributed by atoms with E-state index < -0.39 is 16.7 Å². The molecule has 2 aromatic carbocycles. The van der Waals surface area contributed by atoms with Crippen LogP contribution < -0.4 is 15.6 Å². The molecule has 0 aliphatic carbocycles. The molecule has 8 nitrogen and oxygen atoms in total. The van der Waals surface area contributed by atoms with Crippen LogP contribution in [0.25, 0.3) is 6.08 Å². The minimum Gasteiger partial charge on any atom is -0.497 e. The SMILES string of the molecule is COc1ccc(/C=C/C(=O)NNC(=O)c2ccc([N+](=O)[O-])cc2)cc1. The fourth-order valence-electron chi connectivity index (χ4n) is 1.85. The number of carbonyl (C=O) groups excluding carboxylic acids is 2. The van der Waals surface area contributed by atoms with Crippen molar-refractivity contribution in [3.8, 4) is 5.75 Å². The Balaban J connectivity index is 1.86. The summed E-state index contributed by atoms with van der Waals surface area (Å²) in [6.45, 7) is 0. The Labute approximate surface area is 143 Å². The van der Waals surface area contributed by atoms with Gasteiger partial charge in [-0.1, -0.05) is 12.1 Å². The first-order valence-corrected chi connectivity index (χ1v) is 7.16. The molecule has 2 N–H and O–H groups in total. The van der Waals surface area contributed by atoms with Gasteiger partial charge in [-0.15, -0.1) is 0 Å². The second-order valence-corrected chi connectivity index (χ2v) is 4.85. The molecule has 0 saturated heterocycles. The zero-order valence-corrected chi connectivity index (χ0v) is 13.3. The van der Waals surface area contributed by atoms with Gasteiger partial charge in [0, 0.05) is 23.8 Å². The van der Waals surface area contributed by atoms with Gasteiger partial charge < -0.3 is 4.74 Å². The third-order valence-corrected chi connectivity index (χ3v) is 3.18. The van der Waals surface area contributed by atoms with Crippen LogP contribution in [0.2, 0.25) is 0 Å². The van der Waals surface area contributed by atoms with Crippen molar-refractivity contribution in [2.75, 3.05) is 7.11 Å².